The molecule has 0 bridgehead atoms. The zero-order valence-corrected chi connectivity index (χ0v) is 19.2. The Hall–Kier alpha value is -2.90. The number of thiazole rings is 1. The van der Waals surface area contributed by atoms with Crippen LogP contribution in [0.4, 0.5) is 0 Å². The molecule has 2 amide bonds. The van der Waals surface area contributed by atoms with Gasteiger partial charge in [0, 0.05) is 22.5 Å². The van der Waals surface area contributed by atoms with Gasteiger partial charge in [-0.1, -0.05) is 48.0 Å². The molecule has 1 saturated heterocycles. The van der Waals surface area contributed by atoms with Crippen molar-refractivity contribution in [1.82, 2.24) is 15.2 Å². The third-order valence-electron chi connectivity index (χ3n) is 5.31. The zero-order chi connectivity index (χ0) is 22.5. The van der Waals surface area contributed by atoms with Gasteiger partial charge >= 0.3 is 0 Å². The van der Waals surface area contributed by atoms with Crippen molar-refractivity contribution in [2.45, 2.75) is 38.5 Å². The molecule has 1 aromatic heterocycles. The van der Waals surface area contributed by atoms with Gasteiger partial charge in [0.05, 0.1) is 12.2 Å². The average molecular weight is 470 g/mol. The molecule has 0 spiro atoms. The van der Waals surface area contributed by atoms with E-state index in [9.17, 15) is 9.59 Å². The summed E-state index contributed by atoms with van der Waals surface area (Å²) in [5, 5.41) is 6.34. The minimum absolute atomic E-state index is 0.167. The van der Waals surface area contributed by atoms with Crippen LogP contribution in [0, 0.1) is 0 Å². The van der Waals surface area contributed by atoms with Gasteiger partial charge in [0.25, 0.3) is 5.91 Å². The first-order valence-electron chi connectivity index (χ1n) is 10.5. The second-order valence-corrected chi connectivity index (χ2v) is 8.93. The highest BCUT2D eigenvalue weighted by Gasteiger charge is 2.36. The van der Waals surface area contributed by atoms with Crippen LogP contribution in [0.1, 0.15) is 25.5 Å². The Bertz CT molecular complexity index is 1090. The van der Waals surface area contributed by atoms with Crippen molar-refractivity contribution in [3.8, 4) is 16.3 Å². The van der Waals surface area contributed by atoms with Gasteiger partial charge in [0.2, 0.25) is 5.91 Å². The summed E-state index contributed by atoms with van der Waals surface area (Å²) in [6.07, 6.45) is 0.699. The molecule has 2 heterocycles. The van der Waals surface area contributed by atoms with Crippen LogP contribution in [-0.4, -0.2) is 40.4 Å². The fourth-order valence-electron chi connectivity index (χ4n) is 3.73. The standard InChI is InChI=1S/C24H24ClN3O3S/c1-16(31-20-10-5-9-18(25)13-20)24(30)28-12-6-11-21(28)22(29)26-14-19-15-32-23(27-19)17-7-3-2-4-8-17/h2-5,7-10,13,15-16,21H,6,11-12,14H2,1H3,(H,26,29)/t16-,21-/m1/s1. The van der Waals surface area contributed by atoms with E-state index >= 15 is 0 Å². The SMILES string of the molecule is C[C@@H](Oc1cccc(Cl)c1)C(=O)N1CCC[C@@H]1C(=O)NCc1csc(-c2ccccc2)n1. The van der Waals surface area contributed by atoms with Gasteiger partial charge in [0.1, 0.15) is 16.8 Å². The van der Waals surface area contributed by atoms with Crippen molar-refractivity contribution in [1.29, 1.82) is 0 Å². The number of nitrogens with one attached hydrogen (secondary N) is 1. The summed E-state index contributed by atoms with van der Waals surface area (Å²) in [7, 11) is 0. The van der Waals surface area contributed by atoms with E-state index in [-0.39, 0.29) is 11.8 Å². The van der Waals surface area contributed by atoms with Crippen LogP contribution in [0.15, 0.2) is 60.0 Å². The highest BCUT2D eigenvalue weighted by Crippen LogP contribution is 2.24. The molecule has 1 aliphatic heterocycles. The number of benzene rings is 2. The number of aromatic nitrogens is 1. The highest BCUT2D eigenvalue weighted by molar-refractivity contribution is 7.13. The predicted octanol–water partition coefficient (Wildman–Crippen LogP) is 4.54. The van der Waals surface area contributed by atoms with E-state index in [4.69, 9.17) is 16.3 Å². The van der Waals surface area contributed by atoms with Crippen LogP contribution in [0.5, 0.6) is 5.75 Å². The topological polar surface area (TPSA) is 71.5 Å². The van der Waals surface area contributed by atoms with Gasteiger partial charge in [-0.05, 0) is 38.0 Å². The van der Waals surface area contributed by atoms with Gasteiger partial charge in [-0.3, -0.25) is 9.59 Å². The zero-order valence-electron chi connectivity index (χ0n) is 17.7. The number of likely N-dealkylation sites (tertiary alicyclic amines) is 1. The molecule has 1 N–H and O–H groups in total. The summed E-state index contributed by atoms with van der Waals surface area (Å²) in [5.41, 5.74) is 1.85. The minimum atomic E-state index is -0.714. The maximum Gasteiger partial charge on any atom is 0.264 e. The minimum Gasteiger partial charge on any atom is -0.481 e. The second-order valence-electron chi connectivity index (χ2n) is 7.63. The van der Waals surface area contributed by atoms with E-state index in [1.807, 2.05) is 35.7 Å². The largest absolute Gasteiger partial charge is 0.481 e. The second kappa shape index (κ2) is 10.1. The summed E-state index contributed by atoms with van der Waals surface area (Å²) in [5.74, 6) is 0.152. The van der Waals surface area contributed by atoms with E-state index in [1.54, 1.807) is 47.4 Å². The van der Waals surface area contributed by atoms with Crippen LogP contribution in [0.3, 0.4) is 0 Å². The molecule has 0 aliphatic carbocycles. The fraction of sp³-hybridized carbons (Fsp3) is 0.292. The molecule has 0 saturated carbocycles. The van der Waals surface area contributed by atoms with Gasteiger partial charge in [0.15, 0.2) is 6.10 Å². The molecule has 2 aromatic carbocycles. The van der Waals surface area contributed by atoms with Gasteiger partial charge in [-0.15, -0.1) is 11.3 Å². The maximum atomic E-state index is 13.0. The van der Waals surface area contributed by atoms with Crippen molar-refractivity contribution >= 4 is 34.8 Å². The summed E-state index contributed by atoms with van der Waals surface area (Å²) < 4.78 is 5.76. The van der Waals surface area contributed by atoms with Crippen molar-refractivity contribution < 1.29 is 14.3 Å². The van der Waals surface area contributed by atoms with E-state index < -0.39 is 12.1 Å². The lowest BCUT2D eigenvalue weighted by Gasteiger charge is -2.27. The van der Waals surface area contributed by atoms with Crippen LogP contribution >= 0.6 is 22.9 Å². The lowest BCUT2D eigenvalue weighted by atomic mass is 10.2. The molecule has 166 valence electrons. The third kappa shape index (κ3) is 5.29. The predicted molar refractivity (Wildman–Crippen MR) is 126 cm³/mol. The Labute approximate surface area is 196 Å². The quantitative estimate of drug-likeness (QED) is 0.551. The Balaban J connectivity index is 1.34. The molecule has 4 rings (SSSR count). The molecule has 1 aliphatic rings. The van der Waals surface area contributed by atoms with Gasteiger partial charge in [-0.25, -0.2) is 4.98 Å². The molecule has 6 nitrogen and oxygen atoms in total. The third-order valence-corrected chi connectivity index (χ3v) is 6.49. The molecule has 8 heteroatoms. The van der Waals surface area contributed by atoms with Crippen molar-refractivity contribution in [3.05, 3.63) is 70.7 Å². The van der Waals surface area contributed by atoms with Crippen molar-refractivity contribution in [3.63, 3.8) is 0 Å². The molecule has 0 unspecified atom stereocenters. The normalized spacial score (nSPS) is 16.6. The number of ether oxygens (including phenoxy) is 1. The summed E-state index contributed by atoms with van der Waals surface area (Å²) in [6, 6.07) is 16.4. The van der Waals surface area contributed by atoms with Crippen molar-refractivity contribution in [2.24, 2.45) is 0 Å². The van der Waals surface area contributed by atoms with Gasteiger partial charge in [-0.2, -0.15) is 0 Å². The molecule has 0 radical (unpaired) electrons. The first kappa shape index (κ1) is 22.3. The molecule has 2 atom stereocenters. The lowest BCUT2D eigenvalue weighted by Crippen LogP contribution is -2.49. The number of halogens is 1. The number of rotatable bonds is 7. The molecule has 1 fully saturated rings. The first-order chi connectivity index (χ1) is 15.5. The highest BCUT2D eigenvalue weighted by atomic mass is 35.5. The summed E-state index contributed by atoms with van der Waals surface area (Å²) in [6.45, 7) is 2.56. The number of carbonyl (C=O) groups is 2. The summed E-state index contributed by atoms with van der Waals surface area (Å²) in [4.78, 5) is 32.0. The number of nitrogens with zero attached hydrogens (tertiary/aromatic N) is 2. The smallest absolute Gasteiger partial charge is 0.264 e. The van der Waals surface area contributed by atoms with E-state index in [2.05, 4.69) is 10.3 Å². The molecule has 32 heavy (non-hydrogen) atoms. The van der Waals surface area contributed by atoms with E-state index in [0.29, 0.717) is 30.3 Å². The van der Waals surface area contributed by atoms with Crippen LogP contribution < -0.4 is 10.1 Å². The number of hydrogen-bond donors (Lipinski definition) is 1. The first-order valence-corrected chi connectivity index (χ1v) is 11.8. The van der Waals surface area contributed by atoms with Crippen LogP contribution in [0.2, 0.25) is 5.02 Å². The maximum absolute atomic E-state index is 13.0. The number of hydrogen-bond acceptors (Lipinski definition) is 5. The molecular weight excluding hydrogens is 446 g/mol. The van der Waals surface area contributed by atoms with E-state index in [1.165, 1.54) is 0 Å². The van der Waals surface area contributed by atoms with Gasteiger partial charge < -0.3 is 15.0 Å². The summed E-state index contributed by atoms with van der Waals surface area (Å²) >= 11 is 7.53. The van der Waals surface area contributed by atoms with Crippen LogP contribution in [0.25, 0.3) is 10.6 Å². The Morgan fingerprint density at radius 2 is 2.06 bits per heavy atom. The fourth-order valence-corrected chi connectivity index (χ4v) is 4.73. The monoisotopic (exact) mass is 469 g/mol. The number of carbonyl (C=O) groups excluding carboxylic acids is 2. The molecule has 3 aromatic rings. The average Bonchev–Trinajstić information content (AvgIpc) is 3.47. The Morgan fingerprint density at radius 1 is 1.25 bits per heavy atom. The van der Waals surface area contributed by atoms with Crippen molar-refractivity contribution in [2.75, 3.05) is 6.54 Å². The van der Waals surface area contributed by atoms with E-state index in [0.717, 1.165) is 22.7 Å². The lowest BCUT2D eigenvalue weighted by molar-refractivity contribution is -0.143. The Kier molecular flexibility index (Phi) is 7.07. The van der Waals surface area contributed by atoms with Crippen LogP contribution in [-0.2, 0) is 16.1 Å². The number of amides is 2. The molecular formula is C24H24ClN3O3S. The Morgan fingerprint density at radius 3 is 2.84 bits per heavy atom.